The Labute approximate surface area is 98.3 Å². The number of hydrogen-bond donors (Lipinski definition) is 1. The average Bonchev–Trinajstić information content (AvgIpc) is 2.98. The van der Waals surface area contributed by atoms with Crippen LogP contribution in [0.2, 0.25) is 0 Å². The van der Waals surface area contributed by atoms with E-state index in [1.165, 1.54) is 12.8 Å². The highest BCUT2D eigenvalue weighted by Crippen LogP contribution is 2.38. The average molecular weight is 234 g/mol. The van der Waals surface area contributed by atoms with Gasteiger partial charge in [0, 0.05) is 10.9 Å². The number of nitrogens with two attached hydrogens (primary N) is 1. The molecule has 0 saturated heterocycles. The Hall–Kier alpha value is -1.13. The normalized spacial score (nSPS) is 19.1. The first-order valence-corrected chi connectivity index (χ1v) is 6.43. The molecule has 1 aliphatic carbocycles. The van der Waals surface area contributed by atoms with Gasteiger partial charge in [0.05, 0.1) is 17.5 Å². The summed E-state index contributed by atoms with van der Waals surface area (Å²) in [7, 11) is 0. The van der Waals surface area contributed by atoms with Gasteiger partial charge in [-0.25, -0.2) is 4.98 Å². The second-order valence-corrected chi connectivity index (χ2v) is 5.27. The van der Waals surface area contributed by atoms with Crippen LogP contribution in [0.25, 0.3) is 10.6 Å². The molecule has 2 aromatic heterocycles. The first kappa shape index (κ1) is 10.1. The van der Waals surface area contributed by atoms with Gasteiger partial charge < -0.3 is 10.2 Å². The molecule has 1 aliphatic rings. The van der Waals surface area contributed by atoms with Crippen LogP contribution in [-0.2, 0) is 5.54 Å². The van der Waals surface area contributed by atoms with Crippen molar-refractivity contribution < 1.29 is 4.42 Å². The van der Waals surface area contributed by atoms with Crippen molar-refractivity contribution in [1.29, 1.82) is 0 Å². The second kappa shape index (κ2) is 3.71. The maximum absolute atomic E-state index is 6.37. The Balaban J connectivity index is 1.93. The molecule has 3 nitrogen and oxygen atoms in total. The molecule has 0 spiro atoms. The van der Waals surface area contributed by atoms with Crippen LogP contribution in [-0.4, -0.2) is 4.98 Å². The van der Waals surface area contributed by atoms with Gasteiger partial charge in [0.2, 0.25) is 0 Å². The molecular weight excluding hydrogens is 220 g/mol. The minimum Gasteiger partial charge on any atom is -0.472 e. The van der Waals surface area contributed by atoms with Crippen molar-refractivity contribution in [2.45, 2.75) is 31.2 Å². The highest BCUT2D eigenvalue weighted by Gasteiger charge is 2.33. The summed E-state index contributed by atoms with van der Waals surface area (Å²) in [6.07, 6.45) is 7.94. The zero-order chi connectivity index (χ0) is 11.0. The van der Waals surface area contributed by atoms with E-state index in [1.54, 1.807) is 23.9 Å². The number of aromatic nitrogens is 1. The van der Waals surface area contributed by atoms with E-state index in [0.29, 0.717) is 0 Å². The van der Waals surface area contributed by atoms with Crippen molar-refractivity contribution in [2.75, 3.05) is 0 Å². The van der Waals surface area contributed by atoms with Crippen molar-refractivity contribution in [3.05, 3.63) is 29.7 Å². The summed E-state index contributed by atoms with van der Waals surface area (Å²) in [6.45, 7) is 0. The molecule has 0 radical (unpaired) electrons. The molecule has 0 atom stereocenters. The zero-order valence-corrected chi connectivity index (χ0v) is 9.80. The second-order valence-electron chi connectivity index (χ2n) is 4.41. The van der Waals surface area contributed by atoms with Crippen molar-refractivity contribution in [1.82, 2.24) is 4.98 Å². The van der Waals surface area contributed by atoms with Gasteiger partial charge in [0.15, 0.2) is 0 Å². The summed E-state index contributed by atoms with van der Waals surface area (Å²) in [6, 6.07) is 1.93. The largest absolute Gasteiger partial charge is 0.472 e. The summed E-state index contributed by atoms with van der Waals surface area (Å²) in [5.41, 5.74) is 8.27. The van der Waals surface area contributed by atoms with Gasteiger partial charge >= 0.3 is 0 Å². The molecule has 1 fully saturated rings. The summed E-state index contributed by atoms with van der Waals surface area (Å²) in [5, 5.41) is 3.09. The number of nitrogens with zero attached hydrogens (tertiary/aromatic N) is 1. The van der Waals surface area contributed by atoms with Gasteiger partial charge in [-0.15, -0.1) is 11.3 Å². The molecule has 84 valence electrons. The van der Waals surface area contributed by atoms with Crippen molar-refractivity contribution in [2.24, 2.45) is 5.73 Å². The van der Waals surface area contributed by atoms with E-state index in [2.05, 4.69) is 10.4 Å². The van der Waals surface area contributed by atoms with E-state index < -0.39 is 0 Å². The third kappa shape index (κ3) is 1.58. The molecular formula is C12H14N2OS. The zero-order valence-electron chi connectivity index (χ0n) is 8.98. The van der Waals surface area contributed by atoms with Crippen LogP contribution in [0.3, 0.4) is 0 Å². The fraction of sp³-hybridized carbons (Fsp3) is 0.417. The highest BCUT2D eigenvalue weighted by atomic mass is 32.1. The topological polar surface area (TPSA) is 52.0 Å². The number of thiazole rings is 1. The van der Waals surface area contributed by atoms with Gasteiger partial charge in [-0.2, -0.15) is 0 Å². The Morgan fingerprint density at radius 3 is 2.88 bits per heavy atom. The van der Waals surface area contributed by atoms with Gasteiger partial charge in [-0.3, -0.25) is 0 Å². The molecule has 3 rings (SSSR count). The molecule has 0 amide bonds. The fourth-order valence-electron chi connectivity index (χ4n) is 2.28. The quantitative estimate of drug-likeness (QED) is 0.868. The Bertz CT molecular complexity index is 469. The molecule has 2 aromatic rings. The third-order valence-electron chi connectivity index (χ3n) is 3.28. The number of rotatable bonds is 2. The first-order valence-electron chi connectivity index (χ1n) is 5.55. The van der Waals surface area contributed by atoms with E-state index in [0.717, 1.165) is 29.1 Å². The molecule has 1 saturated carbocycles. The van der Waals surface area contributed by atoms with Crippen molar-refractivity contribution >= 4 is 11.3 Å². The highest BCUT2D eigenvalue weighted by molar-refractivity contribution is 7.13. The van der Waals surface area contributed by atoms with Gasteiger partial charge in [0.25, 0.3) is 0 Å². The SMILES string of the molecule is NC1(c2csc(-c3ccoc3)n2)CCCC1. The van der Waals surface area contributed by atoms with E-state index in [1.807, 2.05) is 6.07 Å². The van der Waals surface area contributed by atoms with E-state index >= 15 is 0 Å². The Morgan fingerprint density at radius 1 is 1.38 bits per heavy atom. The van der Waals surface area contributed by atoms with Gasteiger partial charge in [-0.1, -0.05) is 12.8 Å². The smallest absolute Gasteiger partial charge is 0.126 e. The first-order chi connectivity index (χ1) is 7.78. The minimum atomic E-state index is -0.182. The van der Waals surface area contributed by atoms with Gasteiger partial charge in [0.1, 0.15) is 11.3 Å². The lowest BCUT2D eigenvalue weighted by molar-refractivity contribution is 0.450. The summed E-state index contributed by atoms with van der Waals surface area (Å²) < 4.78 is 5.06. The minimum absolute atomic E-state index is 0.182. The standard InChI is InChI=1S/C12H14N2OS/c13-12(4-1-2-5-12)10-8-16-11(14-10)9-3-6-15-7-9/h3,6-8H,1-2,4-5,13H2. The van der Waals surface area contributed by atoms with Crippen LogP contribution in [0.4, 0.5) is 0 Å². The van der Waals surface area contributed by atoms with Crippen LogP contribution in [0.15, 0.2) is 28.4 Å². The molecule has 0 unspecified atom stereocenters. The monoisotopic (exact) mass is 234 g/mol. The van der Waals surface area contributed by atoms with Crippen LogP contribution in [0.5, 0.6) is 0 Å². The van der Waals surface area contributed by atoms with E-state index in [4.69, 9.17) is 10.2 Å². The number of hydrogen-bond acceptors (Lipinski definition) is 4. The van der Waals surface area contributed by atoms with Crippen LogP contribution in [0.1, 0.15) is 31.4 Å². The summed E-state index contributed by atoms with van der Waals surface area (Å²) in [5.74, 6) is 0. The molecule has 0 bridgehead atoms. The van der Waals surface area contributed by atoms with Crippen LogP contribution in [0, 0.1) is 0 Å². The van der Waals surface area contributed by atoms with E-state index in [9.17, 15) is 0 Å². The lowest BCUT2D eigenvalue weighted by Crippen LogP contribution is -2.33. The molecule has 0 aliphatic heterocycles. The summed E-state index contributed by atoms with van der Waals surface area (Å²) >= 11 is 1.64. The molecule has 16 heavy (non-hydrogen) atoms. The van der Waals surface area contributed by atoms with Gasteiger partial charge in [-0.05, 0) is 18.9 Å². The van der Waals surface area contributed by atoms with Crippen molar-refractivity contribution in [3.63, 3.8) is 0 Å². The Kier molecular flexibility index (Phi) is 2.33. The molecule has 2 heterocycles. The number of furan rings is 1. The van der Waals surface area contributed by atoms with Crippen LogP contribution < -0.4 is 5.73 Å². The maximum Gasteiger partial charge on any atom is 0.126 e. The van der Waals surface area contributed by atoms with E-state index in [-0.39, 0.29) is 5.54 Å². The predicted octanol–water partition coefficient (Wildman–Crippen LogP) is 3.13. The summed E-state index contributed by atoms with van der Waals surface area (Å²) in [4.78, 5) is 4.64. The molecule has 4 heteroatoms. The third-order valence-corrected chi connectivity index (χ3v) is 4.17. The molecule has 0 aromatic carbocycles. The predicted molar refractivity (Wildman–Crippen MR) is 64.1 cm³/mol. The maximum atomic E-state index is 6.37. The van der Waals surface area contributed by atoms with Crippen LogP contribution >= 0.6 is 11.3 Å². The van der Waals surface area contributed by atoms with Crippen molar-refractivity contribution in [3.8, 4) is 10.6 Å². The Morgan fingerprint density at radius 2 is 2.19 bits per heavy atom. The molecule has 2 N–H and O–H groups in total. The lowest BCUT2D eigenvalue weighted by atomic mass is 9.96. The fourth-order valence-corrected chi connectivity index (χ4v) is 3.20. The lowest BCUT2D eigenvalue weighted by Gasteiger charge is -2.20.